The van der Waals surface area contributed by atoms with Gasteiger partial charge in [0.05, 0.1) is 4.90 Å². The quantitative estimate of drug-likeness (QED) is 0.880. The lowest BCUT2D eigenvalue weighted by Crippen LogP contribution is -2.47. The number of halogens is 2. The van der Waals surface area contributed by atoms with Gasteiger partial charge in [-0.1, -0.05) is 17.7 Å². The number of piperidine rings is 1. The molecule has 2 unspecified atom stereocenters. The lowest BCUT2D eigenvalue weighted by Gasteiger charge is -2.29. The van der Waals surface area contributed by atoms with Crippen LogP contribution in [0.1, 0.15) is 31.2 Å². The summed E-state index contributed by atoms with van der Waals surface area (Å²) >= 11 is 6.02. The number of benzene rings is 1. The molecule has 0 spiro atoms. The van der Waals surface area contributed by atoms with Crippen molar-refractivity contribution >= 4 is 34.0 Å². The molecule has 0 amide bonds. The second kappa shape index (κ2) is 6.42. The first kappa shape index (κ1) is 17.0. The van der Waals surface area contributed by atoms with Crippen molar-refractivity contribution in [2.24, 2.45) is 0 Å². The van der Waals surface area contributed by atoms with Crippen molar-refractivity contribution in [3.8, 4) is 0 Å². The molecule has 0 radical (unpaired) electrons. The predicted molar refractivity (Wildman–Crippen MR) is 86.7 cm³/mol. The minimum Gasteiger partial charge on any atom is -0.311 e. The van der Waals surface area contributed by atoms with E-state index < -0.39 is 10.0 Å². The first-order chi connectivity index (χ1) is 9.44. The highest BCUT2D eigenvalue weighted by Gasteiger charge is 2.35. The zero-order chi connectivity index (χ0) is 14.3. The van der Waals surface area contributed by atoms with Gasteiger partial charge in [-0.25, -0.2) is 13.1 Å². The zero-order valence-corrected chi connectivity index (χ0v) is 14.2. The molecule has 2 fully saturated rings. The van der Waals surface area contributed by atoms with Crippen LogP contribution in [0.25, 0.3) is 0 Å². The number of rotatable bonds is 3. The Morgan fingerprint density at radius 3 is 2.43 bits per heavy atom. The van der Waals surface area contributed by atoms with Crippen molar-refractivity contribution in [3.63, 3.8) is 0 Å². The molecule has 21 heavy (non-hydrogen) atoms. The second-order valence-corrected chi connectivity index (χ2v) is 7.96. The Kier molecular flexibility index (Phi) is 5.21. The van der Waals surface area contributed by atoms with E-state index in [-0.39, 0.29) is 23.3 Å². The monoisotopic (exact) mass is 350 g/mol. The topological polar surface area (TPSA) is 58.2 Å². The lowest BCUT2D eigenvalue weighted by atomic mass is 10.0. The van der Waals surface area contributed by atoms with Crippen molar-refractivity contribution < 1.29 is 8.42 Å². The van der Waals surface area contributed by atoms with Gasteiger partial charge in [-0.15, -0.1) is 12.4 Å². The maximum absolute atomic E-state index is 12.4. The largest absolute Gasteiger partial charge is 0.311 e. The molecule has 2 heterocycles. The molecule has 1 aromatic carbocycles. The van der Waals surface area contributed by atoms with Gasteiger partial charge in [-0.05, 0) is 50.3 Å². The van der Waals surface area contributed by atoms with Crippen molar-refractivity contribution in [2.45, 2.75) is 55.6 Å². The molecule has 2 N–H and O–H groups in total. The van der Waals surface area contributed by atoms with E-state index in [1.54, 1.807) is 12.1 Å². The van der Waals surface area contributed by atoms with Crippen LogP contribution in [0.5, 0.6) is 0 Å². The predicted octanol–water partition coefficient (Wildman–Crippen LogP) is 2.63. The third-order valence-electron chi connectivity index (χ3n) is 4.25. The number of sulfonamides is 1. The van der Waals surface area contributed by atoms with E-state index in [1.807, 2.05) is 6.92 Å². The average molecular weight is 351 g/mol. The number of hydrogen-bond donors (Lipinski definition) is 2. The fourth-order valence-corrected chi connectivity index (χ4v) is 4.71. The summed E-state index contributed by atoms with van der Waals surface area (Å²) in [7, 11) is -3.48. The lowest BCUT2D eigenvalue weighted by molar-refractivity contribution is 0.345. The maximum Gasteiger partial charge on any atom is 0.240 e. The first-order valence-corrected chi connectivity index (χ1v) is 8.85. The van der Waals surface area contributed by atoms with E-state index >= 15 is 0 Å². The van der Waals surface area contributed by atoms with Gasteiger partial charge >= 0.3 is 0 Å². The molecule has 2 aliphatic heterocycles. The number of fused-ring (bicyclic) bond motifs is 2. The van der Waals surface area contributed by atoms with Crippen LogP contribution < -0.4 is 10.0 Å². The van der Waals surface area contributed by atoms with E-state index in [0.717, 1.165) is 31.2 Å². The summed E-state index contributed by atoms with van der Waals surface area (Å²) in [6, 6.07) is 5.82. The Labute approximate surface area is 137 Å². The van der Waals surface area contributed by atoms with Crippen LogP contribution >= 0.6 is 24.0 Å². The molecular weight excluding hydrogens is 331 g/mol. The molecule has 0 aliphatic carbocycles. The summed E-state index contributed by atoms with van der Waals surface area (Å²) in [6.45, 7) is 1.86. The van der Waals surface area contributed by atoms with E-state index in [4.69, 9.17) is 11.6 Å². The van der Waals surface area contributed by atoms with Crippen LogP contribution in [0.2, 0.25) is 5.02 Å². The number of nitrogens with one attached hydrogen (secondary N) is 2. The Morgan fingerprint density at radius 1 is 1.24 bits per heavy atom. The third-order valence-corrected chi connectivity index (χ3v) is 6.17. The van der Waals surface area contributed by atoms with Gasteiger partial charge in [-0.2, -0.15) is 0 Å². The van der Waals surface area contributed by atoms with Gasteiger partial charge in [0.15, 0.2) is 0 Å². The molecule has 1 aromatic rings. The maximum atomic E-state index is 12.4. The first-order valence-electron chi connectivity index (χ1n) is 6.98. The molecule has 2 saturated heterocycles. The molecule has 118 valence electrons. The average Bonchev–Trinajstić information content (AvgIpc) is 2.71. The number of aryl methyl sites for hydroxylation is 1. The van der Waals surface area contributed by atoms with Crippen LogP contribution in [0.4, 0.5) is 0 Å². The minimum absolute atomic E-state index is 0. The van der Waals surface area contributed by atoms with Crippen molar-refractivity contribution in [3.05, 3.63) is 28.8 Å². The zero-order valence-electron chi connectivity index (χ0n) is 11.8. The number of hydrogen-bond acceptors (Lipinski definition) is 3. The van der Waals surface area contributed by atoms with Crippen molar-refractivity contribution in [1.82, 2.24) is 10.0 Å². The van der Waals surface area contributed by atoms with E-state index in [2.05, 4.69) is 10.0 Å². The molecule has 2 aliphatic rings. The summed E-state index contributed by atoms with van der Waals surface area (Å²) in [5.41, 5.74) is 0.880. The Balaban J connectivity index is 0.00000161. The summed E-state index contributed by atoms with van der Waals surface area (Å²) in [5, 5.41) is 3.99. The molecule has 0 aromatic heterocycles. The summed E-state index contributed by atoms with van der Waals surface area (Å²) < 4.78 is 27.6. The standard InChI is InChI=1S/C14H19ClN2O2S.ClH/c1-9-2-5-13(8-14(9)15)20(18,19)17-12-6-10-3-4-11(7-12)16-10;/h2,5,8,10-12,16-17H,3-4,6-7H2,1H3;1H. The van der Waals surface area contributed by atoms with Gasteiger partial charge in [0.2, 0.25) is 10.0 Å². The van der Waals surface area contributed by atoms with Crippen LogP contribution in [0, 0.1) is 6.92 Å². The van der Waals surface area contributed by atoms with Crippen LogP contribution in [-0.4, -0.2) is 26.5 Å². The molecular formula is C14H20Cl2N2O2S. The Hall–Kier alpha value is -0.330. The summed E-state index contributed by atoms with van der Waals surface area (Å²) in [6.07, 6.45) is 4.04. The van der Waals surface area contributed by atoms with E-state index in [0.29, 0.717) is 17.1 Å². The highest BCUT2D eigenvalue weighted by atomic mass is 35.5. The Bertz CT molecular complexity index is 609. The van der Waals surface area contributed by atoms with Crippen LogP contribution in [0.15, 0.2) is 23.1 Å². The molecule has 0 saturated carbocycles. The van der Waals surface area contributed by atoms with Crippen molar-refractivity contribution in [1.29, 1.82) is 0 Å². The Morgan fingerprint density at radius 2 is 1.86 bits per heavy atom. The van der Waals surface area contributed by atoms with E-state index in [1.165, 1.54) is 6.07 Å². The summed E-state index contributed by atoms with van der Waals surface area (Å²) in [5.74, 6) is 0. The molecule has 3 rings (SSSR count). The molecule has 7 heteroatoms. The van der Waals surface area contributed by atoms with Gasteiger partial charge in [0.25, 0.3) is 0 Å². The summed E-state index contributed by atoms with van der Waals surface area (Å²) in [4.78, 5) is 0.249. The normalized spacial score (nSPS) is 28.2. The SMILES string of the molecule is Cc1ccc(S(=O)(=O)NC2CC3CCC(C2)N3)cc1Cl.Cl. The molecule has 2 bridgehead atoms. The van der Waals surface area contributed by atoms with Gasteiger partial charge in [0.1, 0.15) is 0 Å². The fourth-order valence-electron chi connectivity index (χ4n) is 3.18. The smallest absolute Gasteiger partial charge is 0.240 e. The molecule has 2 atom stereocenters. The fraction of sp³-hybridized carbons (Fsp3) is 0.571. The van der Waals surface area contributed by atoms with Gasteiger partial charge in [-0.3, -0.25) is 0 Å². The van der Waals surface area contributed by atoms with Gasteiger partial charge in [0, 0.05) is 23.1 Å². The third kappa shape index (κ3) is 3.71. The second-order valence-electron chi connectivity index (χ2n) is 5.84. The van der Waals surface area contributed by atoms with Crippen LogP contribution in [-0.2, 0) is 10.0 Å². The van der Waals surface area contributed by atoms with E-state index in [9.17, 15) is 8.42 Å². The highest BCUT2D eigenvalue weighted by molar-refractivity contribution is 7.89. The van der Waals surface area contributed by atoms with Gasteiger partial charge < -0.3 is 5.32 Å². The minimum atomic E-state index is -3.48. The molecule has 4 nitrogen and oxygen atoms in total. The van der Waals surface area contributed by atoms with Crippen LogP contribution in [0.3, 0.4) is 0 Å². The van der Waals surface area contributed by atoms with Crippen molar-refractivity contribution in [2.75, 3.05) is 0 Å². The highest BCUT2D eigenvalue weighted by Crippen LogP contribution is 2.28.